The molecule has 2 rings (SSSR count). The van der Waals surface area contributed by atoms with E-state index in [1.165, 1.54) is 6.42 Å². The van der Waals surface area contributed by atoms with Crippen LogP contribution in [0.2, 0.25) is 0 Å². The third-order valence-corrected chi connectivity index (χ3v) is 3.96. The molecule has 1 aliphatic rings. The number of hydrogen-bond acceptors (Lipinski definition) is 4. The molecule has 1 fully saturated rings. The fraction of sp³-hybridized carbons (Fsp3) is 0.714. The number of likely N-dealkylation sites (tertiary alicyclic amines) is 1. The Kier molecular flexibility index (Phi) is 4.58. The van der Waals surface area contributed by atoms with Crippen LogP contribution in [0.1, 0.15) is 36.3 Å². The van der Waals surface area contributed by atoms with Crippen LogP contribution in [-0.4, -0.2) is 35.6 Å². The Balaban J connectivity index is 1.96. The Morgan fingerprint density at radius 1 is 1.53 bits per heavy atom. The molecule has 5 nitrogen and oxygen atoms in total. The SMILES string of the molecule is Cc1noc(C)c1CC(=O)N1CCCC(CCN)C1. The maximum absolute atomic E-state index is 12.3. The van der Waals surface area contributed by atoms with Gasteiger partial charge in [-0.2, -0.15) is 0 Å². The first-order valence-corrected chi connectivity index (χ1v) is 7.01. The van der Waals surface area contributed by atoms with E-state index in [-0.39, 0.29) is 5.91 Å². The lowest BCUT2D eigenvalue weighted by Crippen LogP contribution is -2.41. The van der Waals surface area contributed by atoms with E-state index in [0.29, 0.717) is 18.9 Å². The van der Waals surface area contributed by atoms with Gasteiger partial charge in [0.1, 0.15) is 5.76 Å². The summed E-state index contributed by atoms with van der Waals surface area (Å²) in [6.07, 6.45) is 3.68. The van der Waals surface area contributed by atoms with Crippen molar-refractivity contribution < 1.29 is 9.32 Å². The van der Waals surface area contributed by atoms with Gasteiger partial charge in [0.05, 0.1) is 12.1 Å². The molecule has 0 aromatic carbocycles. The molecule has 1 saturated heterocycles. The minimum Gasteiger partial charge on any atom is -0.361 e. The predicted octanol–water partition coefficient (Wildman–Crippen LogP) is 1.42. The molecule has 5 heteroatoms. The number of aryl methyl sites for hydroxylation is 2. The predicted molar refractivity (Wildman–Crippen MR) is 72.7 cm³/mol. The fourth-order valence-corrected chi connectivity index (χ4v) is 2.78. The average Bonchev–Trinajstić information content (AvgIpc) is 2.71. The van der Waals surface area contributed by atoms with Gasteiger partial charge in [-0.15, -0.1) is 0 Å². The van der Waals surface area contributed by atoms with Crippen molar-refractivity contribution in [3.8, 4) is 0 Å². The zero-order chi connectivity index (χ0) is 13.8. The van der Waals surface area contributed by atoms with Gasteiger partial charge < -0.3 is 15.2 Å². The smallest absolute Gasteiger partial charge is 0.227 e. The van der Waals surface area contributed by atoms with Crippen LogP contribution in [0.4, 0.5) is 0 Å². The molecule has 0 radical (unpaired) electrons. The Morgan fingerprint density at radius 3 is 2.95 bits per heavy atom. The van der Waals surface area contributed by atoms with Gasteiger partial charge in [-0.25, -0.2) is 0 Å². The summed E-state index contributed by atoms with van der Waals surface area (Å²) < 4.78 is 5.11. The maximum Gasteiger partial charge on any atom is 0.227 e. The van der Waals surface area contributed by atoms with E-state index < -0.39 is 0 Å². The highest BCUT2D eigenvalue weighted by Gasteiger charge is 2.24. The molecule has 1 amide bonds. The molecule has 1 atom stereocenters. The van der Waals surface area contributed by atoms with Crippen molar-refractivity contribution >= 4 is 5.91 Å². The quantitative estimate of drug-likeness (QED) is 0.893. The van der Waals surface area contributed by atoms with E-state index in [1.807, 2.05) is 18.7 Å². The highest BCUT2D eigenvalue weighted by Crippen LogP contribution is 2.21. The van der Waals surface area contributed by atoms with Crippen LogP contribution in [-0.2, 0) is 11.2 Å². The first-order chi connectivity index (χ1) is 9.11. The normalized spacial score (nSPS) is 19.7. The molecule has 1 aliphatic heterocycles. The standard InChI is InChI=1S/C14H23N3O2/c1-10-13(11(2)19-16-10)8-14(18)17-7-3-4-12(9-17)5-6-15/h12H,3-9,15H2,1-2H3. The maximum atomic E-state index is 12.3. The van der Waals surface area contributed by atoms with Crippen LogP contribution in [0.15, 0.2) is 4.52 Å². The first kappa shape index (κ1) is 14.1. The molecule has 0 bridgehead atoms. The number of piperidine rings is 1. The minimum absolute atomic E-state index is 0.177. The van der Waals surface area contributed by atoms with E-state index >= 15 is 0 Å². The summed E-state index contributed by atoms with van der Waals surface area (Å²) in [6.45, 7) is 6.15. The number of nitrogens with zero attached hydrogens (tertiary/aromatic N) is 2. The van der Waals surface area contributed by atoms with Crippen molar-refractivity contribution in [2.24, 2.45) is 11.7 Å². The van der Waals surface area contributed by atoms with Gasteiger partial charge in [0.15, 0.2) is 0 Å². The lowest BCUT2D eigenvalue weighted by molar-refractivity contribution is -0.132. The number of aromatic nitrogens is 1. The van der Waals surface area contributed by atoms with Crippen LogP contribution < -0.4 is 5.73 Å². The van der Waals surface area contributed by atoms with Crippen molar-refractivity contribution in [1.82, 2.24) is 10.1 Å². The molecule has 1 unspecified atom stereocenters. The highest BCUT2D eigenvalue weighted by molar-refractivity contribution is 5.79. The van der Waals surface area contributed by atoms with Crippen molar-refractivity contribution in [3.05, 3.63) is 17.0 Å². The van der Waals surface area contributed by atoms with Crippen molar-refractivity contribution in [2.45, 2.75) is 39.5 Å². The Labute approximate surface area is 114 Å². The summed E-state index contributed by atoms with van der Waals surface area (Å²) in [5.41, 5.74) is 7.36. The van der Waals surface area contributed by atoms with Crippen LogP contribution in [0.3, 0.4) is 0 Å². The summed E-state index contributed by atoms with van der Waals surface area (Å²) >= 11 is 0. The lowest BCUT2D eigenvalue weighted by Gasteiger charge is -2.32. The number of carbonyl (C=O) groups is 1. The number of amides is 1. The molecular weight excluding hydrogens is 242 g/mol. The van der Waals surface area contributed by atoms with Gasteiger partial charge in [-0.05, 0) is 45.6 Å². The van der Waals surface area contributed by atoms with E-state index in [2.05, 4.69) is 5.16 Å². The average molecular weight is 265 g/mol. The van der Waals surface area contributed by atoms with Crippen molar-refractivity contribution in [1.29, 1.82) is 0 Å². The third-order valence-electron chi connectivity index (χ3n) is 3.96. The molecule has 1 aromatic rings. The zero-order valence-electron chi connectivity index (χ0n) is 11.8. The summed E-state index contributed by atoms with van der Waals surface area (Å²) in [4.78, 5) is 14.3. The Hall–Kier alpha value is -1.36. The van der Waals surface area contributed by atoms with Gasteiger partial charge in [-0.1, -0.05) is 5.16 Å². The van der Waals surface area contributed by atoms with E-state index in [1.54, 1.807) is 0 Å². The van der Waals surface area contributed by atoms with Gasteiger partial charge in [0, 0.05) is 18.7 Å². The molecule has 1 aromatic heterocycles. The van der Waals surface area contributed by atoms with Crippen LogP contribution in [0.5, 0.6) is 0 Å². The summed E-state index contributed by atoms with van der Waals surface area (Å²) in [7, 11) is 0. The van der Waals surface area contributed by atoms with Crippen LogP contribution in [0.25, 0.3) is 0 Å². The van der Waals surface area contributed by atoms with E-state index in [9.17, 15) is 4.79 Å². The largest absolute Gasteiger partial charge is 0.361 e. The topological polar surface area (TPSA) is 72.4 Å². The molecule has 0 spiro atoms. The minimum atomic E-state index is 0.177. The number of rotatable bonds is 4. The number of hydrogen-bond donors (Lipinski definition) is 1. The van der Waals surface area contributed by atoms with Gasteiger partial charge >= 0.3 is 0 Å². The molecule has 0 aliphatic carbocycles. The summed E-state index contributed by atoms with van der Waals surface area (Å²) in [6, 6.07) is 0. The second-order valence-electron chi connectivity index (χ2n) is 5.40. The van der Waals surface area contributed by atoms with Crippen LogP contribution >= 0.6 is 0 Å². The fourth-order valence-electron chi connectivity index (χ4n) is 2.78. The second-order valence-corrected chi connectivity index (χ2v) is 5.40. The molecule has 19 heavy (non-hydrogen) atoms. The Morgan fingerprint density at radius 2 is 2.32 bits per heavy atom. The Bertz CT molecular complexity index is 420. The number of nitrogens with two attached hydrogens (primary N) is 1. The molecular formula is C14H23N3O2. The summed E-state index contributed by atoms with van der Waals surface area (Å²) in [5.74, 6) is 1.49. The molecule has 106 valence electrons. The van der Waals surface area contributed by atoms with Gasteiger partial charge in [0.2, 0.25) is 5.91 Å². The van der Waals surface area contributed by atoms with Gasteiger partial charge in [-0.3, -0.25) is 4.79 Å². The first-order valence-electron chi connectivity index (χ1n) is 7.01. The van der Waals surface area contributed by atoms with Gasteiger partial charge in [0.25, 0.3) is 0 Å². The second kappa shape index (κ2) is 6.19. The highest BCUT2D eigenvalue weighted by atomic mass is 16.5. The van der Waals surface area contributed by atoms with E-state index in [4.69, 9.17) is 10.3 Å². The third kappa shape index (κ3) is 3.35. The zero-order valence-corrected chi connectivity index (χ0v) is 11.8. The van der Waals surface area contributed by atoms with E-state index in [0.717, 1.165) is 42.9 Å². The van der Waals surface area contributed by atoms with Crippen molar-refractivity contribution in [2.75, 3.05) is 19.6 Å². The van der Waals surface area contributed by atoms with Crippen LogP contribution in [0, 0.1) is 19.8 Å². The lowest BCUT2D eigenvalue weighted by atomic mass is 9.94. The summed E-state index contributed by atoms with van der Waals surface area (Å²) in [5, 5.41) is 3.90. The molecule has 2 N–H and O–H groups in total. The molecule has 0 saturated carbocycles. The van der Waals surface area contributed by atoms with Crippen molar-refractivity contribution in [3.63, 3.8) is 0 Å². The number of carbonyl (C=O) groups excluding carboxylic acids is 1. The monoisotopic (exact) mass is 265 g/mol. The molecule has 2 heterocycles.